The molecule has 30 heavy (non-hydrogen) atoms. The van der Waals surface area contributed by atoms with Gasteiger partial charge in [-0.15, -0.1) is 5.10 Å². The highest BCUT2D eigenvalue weighted by atomic mass is 35.5. The third-order valence-electron chi connectivity index (χ3n) is 3.73. The number of rotatable bonds is 5. The van der Waals surface area contributed by atoms with Crippen LogP contribution in [0.25, 0.3) is 0 Å². The molecular formula is C18H11ClF3N5O3. The molecule has 8 nitrogen and oxygen atoms in total. The van der Waals surface area contributed by atoms with Gasteiger partial charge < -0.3 is 14.5 Å². The Morgan fingerprint density at radius 1 is 1.30 bits per heavy atom. The molecule has 0 radical (unpaired) electrons. The zero-order valence-corrected chi connectivity index (χ0v) is 15.9. The van der Waals surface area contributed by atoms with Crippen molar-refractivity contribution in [2.75, 3.05) is 7.11 Å². The van der Waals surface area contributed by atoms with Crippen LogP contribution in [0.4, 0.5) is 13.2 Å². The van der Waals surface area contributed by atoms with Crippen molar-refractivity contribution in [2.45, 2.75) is 12.6 Å². The predicted molar refractivity (Wildman–Crippen MR) is 97.5 cm³/mol. The normalized spacial score (nSPS) is 11.1. The van der Waals surface area contributed by atoms with E-state index in [0.29, 0.717) is 5.56 Å². The smallest absolute Gasteiger partial charge is 0.437 e. The summed E-state index contributed by atoms with van der Waals surface area (Å²) in [6, 6.07) is 6.87. The van der Waals surface area contributed by atoms with Crippen molar-refractivity contribution in [1.29, 1.82) is 5.26 Å². The molecule has 0 bridgehead atoms. The van der Waals surface area contributed by atoms with E-state index in [2.05, 4.69) is 20.2 Å². The minimum atomic E-state index is -4.99. The van der Waals surface area contributed by atoms with Gasteiger partial charge in [0.25, 0.3) is 5.56 Å². The second kappa shape index (κ2) is 8.38. The molecule has 3 rings (SSSR count). The Morgan fingerprint density at radius 2 is 2.07 bits per heavy atom. The lowest BCUT2D eigenvalue weighted by molar-refractivity contribution is -0.142. The molecule has 3 aromatic rings. The molecule has 12 heteroatoms. The summed E-state index contributed by atoms with van der Waals surface area (Å²) in [5, 5.41) is 16.3. The van der Waals surface area contributed by atoms with E-state index < -0.39 is 23.2 Å². The zero-order chi connectivity index (χ0) is 21.9. The minimum absolute atomic E-state index is 0.0457. The molecular weight excluding hydrogens is 427 g/mol. The Kier molecular flexibility index (Phi) is 5.89. The number of H-pyrrole nitrogens is 1. The fourth-order valence-electron chi connectivity index (χ4n) is 2.52. The zero-order valence-electron chi connectivity index (χ0n) is 15.1. The molecule has 0 saturated carbocycles. The van der Waals surface area contributed by atoms with Crippen LogP contribution >= 0.6 is 11.6 Å². The molecule has 0 fully saturated rings. The van der Waals surface area contributed by atoms with Crippen LogP contribution in [-0.4, -0.2) is 27.3 Å². The molecule has 2 aromatic heterocycles. The second-order valence-electron chi connectivity index (χ2n) is 5.82. The number of hydrogen-bond donors (Lipinski definition) is 1. The Bertz CT molecular complexity index is 1190. The summed E-state index contributed by atoms with van der Waals surface area (Å²) in [5.74, 6) is -1.49. The van der Waals surface area contributed by atoms with Gasteiger partial charge in [-0.1, -0.05) is 11.6 Å². The maximum atomic E-state index is 13.6. The summed E-state index contributed by atoms with van der Waals surface area (Å²) in [6.45, 7) is 0. The summed E-state index contributed by atoms with van der Waals surface area (Å²) in [7, 11) is 1.32. The van der Waals surface area contributed by atoms with Crippen molar-refractivity contribution >= 4 is 11.6 Å². The first-order valence-corrected chi connectivity index (χ1v) is 8.52. The SMILES string of the molecule is COc1nnccc1Cc1nc(C(F)(F)F)c(Oc2cc(Cl)cc(C#N)c2)c(=O)[nH]1. The Morgan fingerprint density at radius 3 is 2.73 bits per heavy atom. The maximum Gasteiger partial charge on any atom is 0.437 e. The van der Waals surface area contributed by atoms with Gasteiger partial charge >= 0.3 is 6.18 Å². The molecule has 0 aliphatic rings. The number of methoxy groups -OCH3 is 1. The molecule has 0 spiro atoms. The Labute approximate surface area is 171 Å². The van der Waals surface area contributed by atoms with Crippen LogP contribution in [0, 0.1) is 11.3 Å². The largest absolute Gasteiger partial charge is 0.480 e. The van der Waals surface area contributed by atoms with Gasteiger partial charge in [0.2, 0.25) is 11.6 Å². The predicted octanol–water partition coefficient (Wildman–Crippen LogP) is 3.50. The van der Waals surface area contributed by atoms with E-state index in [1.54, 1.807) is 6.07 Å². The van der Waals surface area contributed by atoms with E-state index in [1.165, 1.54) is 31.5 Å². The second-order valence-corrected chi connectivity index (χ2v) is 6.26. The number of alkyl halides is 3. The lowest BCUT2D eigenvalue weighted by atomic mass is 10.2. The van der Waals surface area contributed by atoms with Crippen LogP contribution in [0.3, 0.4) is 0 Å². The average Bonchev–Trinajstić information content (AvgIpc) is 2.69. The van der Waals surface area contributed by atoms with Crippen LogP contribution in [0.2, 0.25) is 5.02 Å². The number of ether oxygens (including phenoxy) is 2. The summed E-state index contributed by atoms with van der Waals surface area (Å²) >= 11 is 5.83. The number of hydrogen-bond acceptors (Lipinski definition) is 7. The standard InChI is InChI=1S/C18H11ClF3N5O3/c1-29-17-10(2-3-24-27-17)6-13-25-15(18(20,21)22)14(16(28)26-13)30-12-5-9(8-23)4-11(19)7-12/h2-5,7H,6H2,1H3,(H,25,26,28). The average molecular weight is 438 g/mol. The van der Waals surface area contributed by atoms with Crippen molar-refractivity contribution < 1.29 is 22.6 Å². The molecule has 2 heterocycles. The van der Waals surface area contributed by atoms with Gasteiger partial charge in [-0.3, -0.25) is 4.79 Å². The number of benzene rings is 1. The van der Waals surface area contributed by atoms with Crippen molar-refractivity contribution in [3.05, 3.63) is 68.5 Å². The summed E-state index contributed by atoms with van der Waals surface area (Å²) in [6.07, 6.45) is -3.87. The first-order chi connectivity index (χ1) is 14.2. The molecule has 1 N–H and O–H groups in total. The van der Waals surface area contributed by atoms with Gasteiger partial charge in [-0.2, -0.15) is 23.5 Å². The number of halogens is 4. The highest BCUT2D eigenvalue weighted by Crippen LogP contribution is 2.35. The highest BCUT2D eigenvalue weighted by molar-refractivity contribution is 6.30. The van der Waals surface area contributed by atoms with Crippen molar-refractivity contribution in [2.24, 2.45) is 0 Å². The van der Waals surface area contributed by atoms with Crippen LogP contribution in [0.15, 0.2) is 35.3 Å². The van der Waals surface area contributed by atoms with Crippen LogP contribution in [-0.2, 0) is 12.6 Å². The molecule has 0 unspecified atom stereocenters. The van der Waals surface area contributed by atoms with Gasteiger partial charge in [0.05, 0.1) is 24.9 Å². The summed E-state index contributed by atoms with van der Waals surface area (Å²) < 4.78 is 50.9. The minimum Gasteiger partial charge on any atom is -0.480 e. The van der Waals surface area contributed by atoms with Gasteiger partial charge in [-0.05, 0) is 24.3 Å². The number of aromatic nitrogens is 4. The van der Waals surface area contributed by atoms with Gasteiger partial charge in [0, 0.05) is 17.0 Å². The molecule has 154 valence electrons. The molecule has 1 aromatic carbocycles. The fraction of sp³-hybridized carbons (Fsp3) is 0.167. The topological polar surface area (TPSA) is 114 Å². The van der Waals surface area contributed by atoms with E-state index in [1.807, 2.05) is 0 Å². The number of nitrogens with one attached hydrogen (secondary N) is 1. The third kappa shape index (κ3) is 4.66. The molecule has 0 saturated heterocycles. The van der Waals surface area contributed by atoms with Crippen molar-refractivity contribution in [1.82, 2.24) is 20.2 Å². The first kappa shape index (κ1) is 21.1. The Balaban J connectivity index is 2.06. The lowest BCUT2D eigenvalue weighted by Crippen LogP contribution is -2.22. The first-order valence-electron chi connectivity index (χ1n) is 8.14. The van der Waals surface area contributed by atoms with E-state index in [-0.39, 0.29) is 34.5 Å². The van der Waals surface area contributed by atoms with Gasteiger partial charge in [-0.25, -0.2) is 4.98 Å². The van der Waals surface area contributed by atoms with E-state index in [4.69, 9.17) is 26.3 Å². The third-order valence-corrected chi connectivity index (χ3v) is 3.95. The maximum absolute atomic E-state index is 13.6. The summed E-state index contributed by atoms with van der Waals surface area (Å²) in [5.41, 5.74) is -2.28. The van der Waals surface area contributed by atoms with Crippen molar-refractivity contribution in [3.63, 3.8) is 0 Å². The van der Waals surface area contributed by atoms with Crippen LogP contribution < -0.4 is 15.0 Å². The van der Waals surface area contributed by atoms with E-state index >= 15 is 0 Å². The summed E-state index contributed by atoms with van der Waals surface area (Å²) in [4.78, 5) is 18.2. The van der Waals surface area contributed by atoms with Crippen molar-refractivity contribution in [3.8, 4) is 23.4 Å². The number of nitriles is 1. The molecule has 0 aliphatic carbocycles. The van der Waals surface area contributed by atoms with Crippen LogP contribution in [0.1, 0.15) is 22.6 Å². The highest BCUT2D eigenvalue weighted by Gasteiger charge is 2.39. The number of nitrogens with zero attached hydrogens (tertiary/aromatic N) is 4. The van der Waals surface area contributed by atoms with Gasteiger partial charge in [0.1, 0.15) is 11.6 Å². The van der Waals surface area contributed by atoms with Gasteiger partial charge in [0.15, 0.2) is 5.69 Å². The monoisotopic (exact) mass is 437 g/mol. The molecule has 0 atom stereocenters. The quantitative estimate of drug-likeness (QED) is 0.649. The van der Waals surface area contributed by atoms with Crippen LogP contribution in [0.5, 0.6) is 17.4 Å². The lowest BCUT2D eigenvalue weighted by Gasteiger charge is -2.14. The fourth-order valence-corrected chi connectivity index (χ4v) is 2.74. The Hall–Kier alpha value is -3.65. The molecule has 0 amide bonds. The molecule has 0 aliphatic heterocycles. The van der Waals surface area contributed by atoms with E-state index in [0.717, 1.165) is 6.07 Å². The van der Waals surface area contributed by atoms with E-state index in [9.17, 15) is 18.0 Å². The number of aromatic amines is 1.